The molecule has 41 heavy (non-hydrogen) atoms. The van der Waals surface area contributed by atoms with Crippen LogP contribution >= 0.6 is 0 Å². The minimum absolute atomic E-state index is 0.00625. The number of carbonyl (C=O) groups is 3. The van der Waals surface area contributed by atoms with E-state index in [1.165, 1.54) is 4.68 Å². The van der Waals surface area contributed by atoms with Crippen LogP contribution in [0.1, 0.15) is 93.4 Å². The molecule has 0 aromatic carbocycles. The van der Waals surface area contributed by atoms with Crippen LogP contribution in [0.2, 0.25) is 0 Å². The average molecular weight is 557 g/mol. The fourth-order valence-corrected chi connectivity index (χ4v) is 10.5. The van der Waals surface area contributed by atoms with E-state index in [1.54, 1.807) is 18.5 Å². The van der Waals surface area contributed by atoms with Crippen molar-refractivity contribution in [2.24, 2.45) is 44.8 Å². The van der Waals surface area contributed by atoms with E-state index in [4.69, 9.17) is 0 Å². The van der Waals surface area contributed by atoms with E-state index in [9.17, 15) is 19.6 Å². The number of Topliss-reactive ketones (excluding diaryl/α,β-unsaturated/α-hetero) is 1. The van der Waals surface area contributed by atoms with Gasteiger partial charge in [-0.1, -0.05) is 60.1 Å². The van der Waals surface area contributed by atoms with Crippen molar-refractivity contribution >= 4 is 17.6 Å². The third-order valence-corrected chi connectivity index (χ3v) is 12.9. The van der Waals surface area contributed by atoms with E-state index in [2.05, 4.69) is 51.1 Å². The third kappa shape index (κ3) is 3.61. The van der Waals surface area contributed by atoms with E-state index in [0.29, 0.717) is 0 Å². The molecule has 1 aromatic rings. The Balaban J connectivity index is 1.48. The Labute approximate surface area is 243 Å². The molecule has 0 radical (unpaired) electrons. The number of fused-ring (bicyclic) bond motifs is 7. The maximum atomic E-state index is 14.6. The van der Waals surface area contributed by atoms with Crippen LogP contribution in [0.25, 0.3) is 0 Å². The number of nitrogens with zero attached hydrogens (tertiary/aromatic N) is 3. The predicted octanol–water partition coefficient (Wildman–Crippen LogP) is 6.41. The number of amides is 1. The molecule has 1 heterocycles. The lowest BCUT2D eigenvalue weighted by Crippen LogP contribution is -2.70. The van der Waals surface area contributed by atoms with Crippen LogP contribution in [-0.4, -0.2) is 32.9 Å². The molecule has 7 atom stereocenters. The van der Waals surface area contributed by atoms with Gasteiger partial charge in [-0.15, -0.1) is 0 Å². The fraction of sp³-hybridized carbons (Fsp3) is 0.676. The summed E-state index contributed by atoms with van der Waals surface area (Å²) in [6.07, 6.45) is 13.2. The highest BCUT2D eigenvalue weighted by molar-refractivity contribution is 6.04. The summed E-state index contributed by atoms with van der Waals surface area (Å²) in [4.78, 5) is 41.2. The Kier molecular flexibility index (Phi) is 5.84. The van der Waals surface area contributed by atoms with Crippen LogP contribution in [0.15, 0.2) is 41.8 Å². The average Bonchev–Trinajstić information content (AvgIpc) is 3.44. The molecule has 6 rings (SSSR count). The lowest BCUT2D eigenvalue weighted by Gasteiger charge is -2.69. The molecule has 5 aliphatic rings. The van der Waals surface area contributed by atoms with Crippen LogP contribution in [0.3, 0.4) is 0 Å². The summed E-state index contributed by atoms with van der Waals surface area (Å²) >= 11 is 0. The van der Waals surface area contributed by atoms with Gasteiger partial charge in [0.15, 0.2) is 11.6 Å². The highest BCUT2D eigenvalue weighted by atomic mass is 16.2. The minimum atomic E-state index is -0.677. The van der Waals surface area contributed by atoms with Crippen molar-refractivity contribution in [2.75, 3.05) is 0 Å². The minimum Gasteiger partial charge on any atom is -0.330 e. The Morgan fingerprint density at radius 2 is 1.76 bits per heavy atom. The van der Waals surface area contributed by atoms with Crippen molar-refractivity contribution in [2.45, 2.75) is 99.0 Å². The second-order valence-corrected chi connectivity index (χ2v) is 15.8. The Bertz CT molecular complexity index is 1440. The standard InChI is InChI=1S/C34H44N4O3/c1-29(2)11-13-34(37-28(41)38-16-8-15-36-38)14-12-33(7)26(22(34)19-29)23(39)17-25-31(5)18-21(20-35)27(40)30(3,4)24(31)9-10-32(25,33)6/h8,15-18,22,24,26H,9-14,19H2,1-7H3,(H,37,41)/t22-,24-,26-,31-,32+,33+,34-/m0/s1. The molecular formula is C34H44N4O3. The molecule has 0 unspecified atom stereocenters. The van der Waals surface area contributed by atoms with Gasteiger partial charge >= 0.3 is 6.03 Å². The number of rotatable bonds is 1. The van der Waals surface area contributed by atoms with Crippen LogP contribution in [0.5, 0.6) is 0 Å². The van der Waals surface area contributed by atoms with Crippen molar-refractivity contribution < 1.29 is 14.4 Å². The summed E-state index contributed by atoms with van der Waals surface area (Å²) in [5.74, 6) is -0.134. The van der Waals surface area contributed by atoms with E-state index < -0.39 is 16.4 Å². The molecule has 3 saturated carbocycles. The number of hydrogen-bond donors (Lipinski definition) is 1. The quantitative estimate of drug-likeness (QED) is 0.430. The second-order valence-electron chi connectivity index (χ2n) is 15.8. The summed E-state index contributed by atoms with van der Waals surface area (Å²) in [5, 5.41) is 17.5. The van der Waals surface area contributed by atoms with E-state index >= 15 is 0 Å². The number of ketones is 2. The van der Waals surface area contributed by atoms with Gasteiger partial charge in [-0.2, -0.15) is 15.0 Å². The second kappa shape index (κ2) is 8.52. The van der Waals surface area contributed by atoms with Crippen LogP contribution in [0, 0.1) is 56.2 Å². The van der Waals surface area contributed by atoms with Gasteiger partial charge in [0.05, 0.1) is 5.57 Å². The first-order chi connectivity index (χ1) is 19.0. The molecule has 1 aromatic heterocycles. The van der Waals surface area contributed by atoms with Crippen molar-refractivity contribution in [1.82, 2.24) is 15.1 Å². The molecule has 0 aliphatic heterocycles. The molecule has 7 nitrogen and oxygen atoms in total. The van der Waals surface area contributed by atoms with Crippen LogP contribution in [-0.2, 0) is 9.59 Å². The van der Waals surface area contributed by atoms with Crippen molar-refractivity contribution in [1.29, 1.82) is 5.26 Å². The van der Waals surface area contributed by atoms with Crippen LogP contribution < -0.4 is 5.32 Å². The van der Waals surface area contributed by atoms with Gasteiger partial charge in [0.25, 0.3) is 0 Å². The van der Waals surface area contributed by atoms with E-state index in [1.807, 2.05) is 26.0 Å². The van der Waals surface area contributed by atoms with Crippen molar-refractivity contribution in [3.8, 4) is 6.07 Å². The maximum absolute atomic E-state index is 14.6. The van der Waals surface area contributed by atoms with Crippen LogP contribution in [0.4, 0.5) is 4.79 Å². The number of allylic oxidation sites excluding steroid dienone is 4. The molecule has 5 aliphatic carbocycles. The Hall–Kier alpha value is -3.01. The number of hydrogen-bond acceptors (Lipinski definition) is 5. The lowest BCUT2D eigenvalue weighted by atomic mass is 9.35. The molecule has 0 bridgehead atoms. The smallest absolute Gasteiger partial charge is 0.330 e. The zero-order valence-corrected chi connectivity index (χ0v) is 25.6. The molecule has 0 spiro atoms. The Morgan fingerprint density at radius 3 is 2.41 bits per heavy atom. The number of carbonyl (C=O) groups excluding carboxylic acids is 3. The first-order valence-corrected chi connectivity index (χ1v) is 15.3. The van der Waals surface area contributed by atoms with Gasteiger partial charge in [0, 0.05) is 34.7 Å². The first-order valence-electron chi connectivity index (χ1n) is 15.3. The highest BCUT2D eigenvalue weighted by Gasteiger charge is 2.70. The van der Waals surface area contributed by atoms with E-state index in [-0.39, 0.29) is 57.2 Å². The molecule has 1 N–H and O–H groups in total. The molecule has 0 saturated heterocycles. The third-order valence-electron chi connectivity index (χ3n) is 12.9. The molecule has 3 fully saturated rings. The maximum Gasteiger partial charge on any atom is 0.342 e. The predicted molar refractivity (Wildman–Crippen MR) is 155 cm³/mol. The summed E-state index contributed by atoms with van der Waals surface area (Å²) in [6.45, 7) is 15.3. The fourth-order valence-electron chi connectivity index (χ4n) is 10.5. The molecular weight excluding hydrogens is 512 g/mol. The summed E-state index contributed by atoms with van der Waals surface area (Å²) in [6, 6.07) is 3.70. The summed E-state index contributed by atoms with van der Waals surface area (Å²) in [5.41, 5.74) is -0.893. The van der Waals surface area contributed by atoms with Gasteiger partial charge in [-0.05, 0) is 85.2 Å². The monoisotopic (exact) mass is 556 g/mol. The van der Waals surface area contributed by atoms with Gasteiger partial charge in [-0.25, -0.2) is 4.79 Å². The molecule has 218 valence electrons. The zero-order chi connectivity index (χ0) is 29.8. The van der Waals surface area contributed by atoms with Gasteiger partial charge in [0.1, 0.15) is 6.07 Å². The Morgan fingerprint density at radius 1 is 1.05 bits per heavy atom. The normalized spacial score (nSPS) is 42.3. The molecule has 1 amide bonds. The largest absolute Gasteiger partial charge is 0.342 e. The SMILES string of the molecule is CC1(C)CC[C@]2(NC(=O)n3cccn3)CC[C@]3(C)[C@H](C(=O)C=C4[C@@]5(C)C=C(C#N)C(=O)C(C)(C)[C@@H]5CC[C@]43C)[C@@H]2C1. The van der Waals surface area contributed by atoms with Crippen molar-refractivity contribution in [3.63, 3.8) is 0 Å². The number of aromatic nitrogens is 2. The van der Waals surface area contributed by atoms with Crippen molar-refractivity contribution in [3.05, 3.63) is 41.8 Å². The topological polar surface area (TPSA) is 105 Å². The zero-order valence-electron chi connectivity index (χ0n) is 25.6. The summed E-state index contributed by atoms with van der Waals surface area (Å²) in [7, 11) is 0. The van der Waals surface area contributed by atoms with Gasteiger partial charge < -0.3 is 5.32 Å². The summed E-state index contributed by atoms with van der Waals surface area (Å²) < 4.78 is 1.36. The molecule has 7 heteroatoms. The van der Waals surface area contributed by atoms with Gasteiger partial charge in [-0.3, -0.25) is 9.59 Å². The van der Waals surface area contributed by atoms with Gasteiger partial charge in [0.2, 0.25) is 0 Å². The van der Waals surface area contributed by atoms with E-state index in [0.717, 1.165) is 50.5 Å². The number of nitrogens with one attached hydrogen (secondary N) is 1. The lowest BCUT2D eigenvalue weighted by molar-refractivity contribution is -0.160. The highest BCUT2D eigenvalue weighted by Crippen LogP contribution is 2.73. The number of nitriles is 1. The first kappa shape index (κ1) is 28.1.